The third-order valence-corrected chi connectivity index (χ3v) is 4.78. The summed E-state index contributed by atoms with van der Waals surface area (Å²) in [5.41, 5.74) is 1.10. The number of ether oxygens (including phenoxy) is 1. The summed E-state index contributed by atoms with van der Waals surface area (Å²) >= 11 is 0. The first-order chi connectivity index (χ1) is 12.0. The van der Waals surface area contributed by atoms with Gasteiger partial charge in [-0.25, -0.2) is 4.79 Å². The maximum Gasteiger partial charge on any atom is 0.315 e. The van der Waals surface area contributed by atoms with Crippen molar-refractivity contribution in [3.63, 3.8) is 0 Å². The third-order valence-electron chi connectivity index (χ3n) is 4.78. The van der Waals surface area contributed by atoms with Crippen LogP contribution in [0.2, 0.25) is 0 Å². The number of urea groups is 1. The molecule has 1 fully saturated rings. The second-order valence-electron chi connectivity index (χ2n) is 7.32. The normalized spacial score (nSPS) is 17.3. The molecule has 1 atom stereocenters. The smallest absolute Gasteiger partial charge is 0.315 e. The molecule has 25 heavy (non-hydrogen) atoms. The molecule has 1 aliphatic rings. The van der Waals surface area contributed by atoms with Crippen molar-refractivity contribution < 1.29 is 9.53 Å². The average molecular weight is 348 g/mol. The Labute approximate surface area is 152 Å². The second-order valence-corrected chi connectivity index (χ2v) is 7.32. The molecule has 2 amide bonds. The first-order valence-corrected chi connectivity index (χ1v) is 9.45. The summed E-state index contributed by atoms with van der Waals surface area (Å²) in [5.74, 6) is 1.53. The van der Waals surface area contributed by atoms with Crippen LogP contribution in [0.5, 0.6) is 5.75 Å². The Balaban J connectivity index is 1.80. The van der Waals surface area contributed by atoms with Crippen molar-refractivity contribution in [1.82, 2.24) is 15.5 Å². The van der Waals surface area contributed by atoms with Gasteiger partial charge in [0.25, 0.3) is 0 Å². The molecule has 2 N–H and O–H groups in total. The highest BCUT2D eigenvalue weighted by Gasteiger charge is 2.22. The van der Waals surface area contributed by atoms with Crippen molar-refractivity contribution in [2.24, 2.45) is 5.92 Å². The standard InChI is InChI=1S/C20H33N3O2/c1-5-19(16-6-8-18(25-4)9-7-16)22-20(24)21-17-10-12-23(13-11-17)14-15(2)3/h6-9,15,17,19H,5,10-14H2,1-4H3,(H2,21,22,24). The average Bonchev–Trinajstić information content (AvgIpc) is 2.61. The highest BCUT2D eigenvalue weighted by molar-refractivity contribution is 5.74. The molecule has 0 radical (unpaired) electrons. The van der Waals surface area contributed by atoms with Crippen LogP contribution in [0.15, 0.2) is 24.3 Å². The molecule has 0 aliphatic carbocycles. The Bertz CT molecular complexity index is 522. The minimum Gasteiger partial charge on any atom is -0.497 e. The molecule has 0 spiro atoms. The maximum absolute atomic E-state index is 12.4. The van der Waals surface area contributed by atoms with Gasteiger partial charge in [-0.15, -0.1) is 0 Å². The van der Waals surface area contributed by atoms with E-state index in [0.29, 0.717) is 5.92 Å². The molecular weight excluding hydrogens is 314 g/mol. The van der Waals surface area contributed by atoms with Gasteiger partial charge in [0, 0.05) is 25.7 Å². The van der Waals surface area contributed by atoms with Crippen molar-refractivity contribution >= 4 is 6.03 Å². The first-order valence-electron chi connectivity index (χ1n) is 9.45. The summed E-state index contributed by atoms with van der Waals surface area (Å²) in [7, 11) is 1.66. The molecule has 5 nitrogen and oxygen atoms in total. The molecule has 5 heteroatoms. The topological polar surface area (TPSA) is 53.6 Å². The molecule has 0 aromatic heterocycles. The van der Waals surface area contributed by atoms with Gasteiger partial charge in [0.2, 0.25) is 0 Å². The van der Waals surface area contributed by atoms with Crippen molar-refractivity contribution in [2.75, 3.05) is 26.7 Å². The van der Waals surface area contributed by atoms with Crippen LogP contribution < -0.4 is 15.4 Å². The molecule has 1 unspecified atom stereocenters. The Kier molecular flexibility index (Phi) is 7.56. The van der Waals surface area contributed by atoms with Crippen LogP contribution in [0.3, 0.4) is 0 Å². The zero-order valence-electron chi connectivity index (χ0n) is 16.0. The van der Waals surface area contributed by atoms with Crippen molar-refractivity contribution in [1.29, 1.82) is 0 Å². The highest BCUT2D eigenvalue weighted by atomic mass is 16.5. The van der Waals surface area contributed by atoms with Gasteiger partial charge in [0.15, 0.2) is 0 Å². The van der Waals surface area contributed by atoms with Crippen LogP contribution >= 0.6 is 0 Å². The van der Waals surface area contributed by atoms with E-state index in [4.69, 9.17) is 4.74 Å². The predicted molar refractivity (Wildman–Crippen MR) is 102 cm³/mol. The molecule has 1 aromatic carbocycles. The van der Waals surface area contributed by atoms with Gasteiger partial charge in [-0.05, 0) is 42.9 Å². The van der Waals surface area contributed by atoms with Crippen LogP contribution in [0.25, 0.3) is 0 Å². The van der Waals surface area contributed by atoms with Gasteiger partial charge in [0.1, 0.15) is 5.75 Å². The first kappa shape index (κ1) is 19.6. The summed E-state index contributed by atoms with van der Waals surface area (Å²) in [4.78, 5) is 14.9. The van der Waals surface area contributed by atoms with Gasteiger partial charge in [0.05, 0.1) is 13.2 Å². The number of hydrogen-bond acceptors (Lipinski definition) is 3. The Morgan fingerprint density at radius 3 is 2.40 bits per heavy atom. The fourth-order valence-electron chi connectivity index (χ4n) is 3.42. The zero-order valence-corrected chi connectivity index (χ0v) is 16.0. The van der Waals surface area contributed by atoms with E-state index in [1.807, 2.05) is 24.3 Å². The van der Waals surface area contributed by atoms with Gasteiger partial charge in [-0.1, -0.05) is 32.9 Å². The van der Waals surface area contributed by atoms with E-state index in [1.54, 1.807) is 7.11 Å². The SMILES string of the molecule is CCC(NC(=O)NC1CCN(CC(C)C)CC1)c1ccc(OC)cc1. The van der Waals surface area contributed by atoms with Gasteiger partial charge < -0.3 is 20.3 Å². The molecule has 1 aromatic rings. The number of piperidine rings is 1. The summed E-state index contributed by atoms with van der Waals surface area (Å²) < 4.78 is 5.19. The van der Waals surface area contributed by atoms with E-state index in [2.05, 4.69) is 36.3 Å². The second kappa shape index (κ2) is 9.66. The van der Waals surface area contributed by atoms with E-state index in [1.165, 1.54) is 0 Å². The predicted octanol–water partition coefficient (Wildman–Crippen LogP) is 3.57. The lowest BCUT2D eigenvalue weighted by molar-refractivity contribution is 0.177. The molecule has 1 aliphatic heterocycles. The number of nitrogens with one attached hydrogen (secondary N) is 2. The number of hydrogen-bond donors (Lipinski definition) is 2. The lowest BCUT2D eigenvalue weighted by atomic mass is 10.0. The summed E-state index contributed by atoms with van der Waals surface area (Å²) in [6.07, 6.45) is 2.91. The number of likely N-dealkylation sites (tertiary alicyclic amines) is 1. The minimum atomic E-state index is -0.0648. The van der Waals surface area contributed by atoms with Crippen LogP contribution in [0, 0.1) is 5.92 Å². The van der Waals surface area contributed by atoms with Crippen LogP contribution in [-0.2, 0) is 0 Å². The summed E-state index contributed by atoms with van der Waals surface area (Å²) in [6, 6.07) is 8.12. The fraction of sp³-hybridized carbons (Fsp3) is 0.650. The maximum atomic E-state index is 12.4. The molecule has 2 rings (SSSR count). The number of methoxy groups -OCH3 is 1. The van der Waals surface area contributed by atoms with Gasteiger partial charge in [-0.3, -0.25) is 0 Å². The number of benzene rings is 1. The molecule has 140 valence electrons. The van der Waals surface area contributed by atoms with Crippen molar-refractivity contribution in [3.8, 4) is 5.75 Å². The van der Waals surface area contributed by atoms with E-state index in [0.717, 1.165) is 50.2 Å². The highest BCUT2D eigenvalue weighted by Crippen LogP contribution is 2.20. The minimum absolute atomic E-state index is 0.0203. The van der Waals surface area contributed by atoms with E-state index in [9.17, 15) is 4.79 Å². The number of amides is 2. The summed E-state index contributed by atoms with van der Waals surface area (Å²) in [5, 5.41) is 6.26. The van der Waals surface area contributed by atoms with E-state index in [-0.39, 0.29) is 18.1 Å². The van der Waals surface area contributed by atoms with Crippen LogP contribution in [-0.4, -0.2) is 43.7 Å². The number of carbonyl (C=O) groups is 1. The lowest BCUT2D eigenvalue weighted by Gasteiger charge is -2.33. The quantitative estimate of drug-likeness (QED) is 0.793. The Morgan fingerprint density at radius 2 is 1.88 bits per heavy atom. The number of rotatable bonds is 7. The number of carbonyl (C=O) groups excluding carboxylic acids is 1. The molecule has 0 saturated carbocycles. The Morgan fingerprint density at radius 1 is 1.24 bits per heavy atom. The molecule has 1 saturated heterocycles. The molecular formula is C20H33N3O2. The largest absolute Gasteiger partial charge is 0.497 e. The van der Waals surface area contributed by atoms with E-state index < -0.39 is 0 Å². The lowest BCUT2D eigenvalue weighted by Crippen LogP contribution is -2.48. The van der Waals surface area contributed by atoms with Crippen LogP contribution in [0.4, 0.5) is 4.79 Å². The number of nitrogens with zero attached hydrogens (tertiary/aromatic N) is 1. The Hall–Kier alpha value is -1.75. The van der Waals surface area contributed by atoms with Crippen LogP contribution in [0.1, 0.15) is 51.6 Å². The van der Waals surface area contributed by atoms with Crippen molar-refractivity contribution in [3.05, 3.63) is 29.8 Å². The van der Waals surface area contributed by atoms with Crippen molar-refractivity contribution in [2.45, 2.75) is 52.1 Å². The van der Waals surface area contributed by atoms with Gasteiger partial charge in [-0.2, -0.15) is 0 Å². The molecule has 1 heterocycles. The van der Waals surface area contributed by atoms with Gasteiger partial charge >= 0.3 is 6.03 Å². The fourth-order valence-corrected chi connectivity index (χ4v) is 3.42. The summed E-state index contributed by atoms with van der Waals surface area (Å²) in [6.45, 7) is 9.87. The van der Waals surface area contributed by atoms with E-state index >= 15 is 0 Å². The third kappa shape index (κ3) is 6.24. The molecule has 0 bridgehead atoms. The monoisotopic (exact) mass is 347 g/mol. The zero-order chi connectivity index (χ0) is 18.2.